The van der Waals surface area contributed by atoms with Crippen molar-refractivity contribution in [3.8, 4) is 17.2 Å². The Balaban J connectivity index is 1.69. The molecular weight excluding hydrogens is 413 g/mol. The predicted molar refractivity (Wildman–Crippen MR) is 115 cm³/mol. The average Bonchev–Trinajstić information content (AvgIpc) is 3.11. The van der Waals surface area contributed by atoms with Crippen molar-refractivity contribution in [1.29, 1.82) is 0 Å². The summed E-state index contributed by atoms with van der Waals surface area (Å²) < 4.78 is 16.8. The van der Waals surface area contributed by atoms with E-state index in [2.05, 4.69) is 10.3 Å². The Hall–Kier alpha value is -2.83. The molecule has 1 N–H and O–H groups in total. The number of nitrogens with one attached hydrogen (secondary N) is 1. The zero-order valence-electron chi connectivity index (χ0n) is 15.9. The highest BCUT2D eigenvalue weighted by molar-refractivity contribution is 6.39. The minimum absolute atomic E-state index is 0.263. The topological polar surface area (TPSA) is 55.9 Å². The highest BCUT2D eigenvalue weighted by Crippen LogP contribution is 2.49. The normalized spacial score (nSPS) is 14.9. The number of hydrogen-bond acceptors (Lipinski definition) is 6. The molecule has 3 aromatic rings. The Morgan fingerprint density at radius 3 is 2.28 bits per heavy atom. The number of methoxy groups -OCH3 is 2. The monoisotopic (exact) mass is 431 g/mol. The van der Waals surface area contributed by atoms with E-state index in [9.17, 15) is 0 Å². The van der Waals surface area contributed by atoms with Gasteiger partial charge in [0.05, 0.1) is 35.6 Å². The standard InChI is InChI=1S/C21H19Cl2N3O3/c1-27-13-6-8-14(9-7-13)29-12-19-25-17-4-3-5-18(28-2)21(17)26(19)20-15(22)10-24-11-16(20)23/h3-11,19,25H,12H2,1-2H3. The van der Waals surface area contributed by atoms with Gasteiger partial charge in [-0.15, -0.1) is 0 Å². The second kappa shape index (κ2) is 8.27. The molecule has 0 fully saturated rings. The van der Waals surface area contributed by atoms with E-state index in [-0.39, 0.29) is 6.17 Å². The van der Waals surface area contributed by atoms with Gasteiger partial charge in [-0.3, -0.25) is 4.98 Å². The van der Waals surface area contributed by atoms with Crippen LogP contribution in [-0.4, -0.2) is 32.0 Å². The van der Waals surface area contributed by atoms with Crippen LogP contribution in [0.15, 0.2) is 54.9 Å². The minimum atomic E-state index is -0.263. The number of fused-ring (bicyclic) bond motifs is 1. The third kappa shape index (κ3) is 3.73. The van der Waals surface area contributed by atoms with Crippen molar-refractivity contribution in [2.24, 2.45) is 0 Å². The van der Waals surface area contributed by atoms with E-state index in [0.29, 0.717) is 28.1 Å². The van der Waals surface area contributed by atoms with Crippen LogP contribution in [0.1, 0.15) is 0 Å². The number of hydrogen-bond donors (Lipinski definition) is 1. The van der Waals surface area contributed by atoms with Crippen molar-refractivity contribution in [2.75, 3.05) is 31.0 Å². The first-order chi connectivity index (χ1) is 14.1. The summed E-state index contributed by atoms with van der Waals surface area (Å²) in [6.45, 7) is 0.332. The van der Waals surface area contributed by atoms with Crippen molar-refractivity contribution >= 4 is 40.3 Å². The maximum Gasteiger partial charge on any atom is 0.144 e. The van der Waals surface area contributed by atoms with Crippen molar-refractivity contribution in [3.05, 3.63) is 64.9 Å². The lowest BCUT2D eigenvalue weighted by atomic mass is 10.2. The van der Waals surface area contributed by atoms with E-state index in [1.54, 1.807) is 26.6 Å². The predicted octanol–water partition coefficient (Wildman–Crippen LogP) is 5.37. The molecule has 29 heavy (non-hydrogen) atoms. The van der Waals surface area contributed by atoms with Crippen molar-refractivity contribution in [1.82, 2.24) is 4.98 Å². The molecule has 0 amide bonds. The van der Waals surface area contributed by atoms with E-state index in [0.717, 1.165) is 22.9 Å². The van der Waals surface area contributed by atoms with Crippen LogP contribution in [0.2, 0.25) is 10.0 Å². The maximum atomic E-state index is 6.48. The summed E-state index contributed by atoms with van der Waals surface area (Å²) in [7, 11) is 3.26. The Bertz CT molecular complexity index is 994. The fourth-order valence-electron chi connectivity index (χ4n) is 3.32. The van der Waals surface area contributed by atoms with E-state index in [1.165, 1.54) is 0 Å². The van der Waals surface area contributed by atoms with Gasteiger partial charge in [0.2, 0.25) is 0 Å². The van der Waals surface area contributed by atoms with Gasteiger partial charge in [-0.05, 0) is 36.4 Å². The molecule has 4 rings (SSSR count). The molecule has 1 aliphatic heterocycles. The molecule has 2 heterocycles. The van der Waals surface area contributed by atoms with Gasteiger partial charge in [-0.2, -0.15) is 0 Å². The summed E-state index contributed by atoms with van der Waals surface area (Å²) in [6, 6.07) is 13.2. The lowest BCUT2D eigenvalue weighted by Gasteiger charge is -2.29. The molecule has 8 heteroatoms. The Morgan fingerprint density at radius 2 is 1.62 bits per heavy atom. The first kappa shape index (κ1) is 19.5. The number of ether oxygens (including phenoxy) is 3. The largest absolute Gasteiger partial charge is 0.497 e. The molecule has 1 aromatic heterocycles. The van der Waals surface area contributed by atoms with Gasteiger partial charge in [-0.1, -0.05) is 29.3 Å². The molecule has 0 spiro atoms. The molecular formula is C21H19Cl2N3O3. The number of para-hydroxylation sites is 1. The first-order valence-electron chi connectivity index (χ1n) is 8.91. The molecule has 1 atom stereocenters. The van der Waals surface area contributed by atoms with E-state index < -0.39 is 0 Å². The van der Waals surface area contributed by atoms with E-state index in [1.807, 2.05) is 47.4 Å². The fourth-order valence-corrected chi connectivity index (χ4v) is 3.86. The first-order valence-corrected chi connectivity index (χ1v) is 9.66. The van der Waals surface area contributed by atoms with Gasteiger partial charge in [0.15, 0.2) is 0 Å². The zero-order valence-corrected chi connectivity index (χ0v) is 17.4. The summed E-state index contributed by atoms with van der Waals surface area (Å²) in [5.41, 5.74) is 2.38. The van der Waals surface area contributed by atoms with Gasteiger partial charge in [-0.25, -0.2) is 0 Å². The SMILES string of the molecule is COc1ccc(OCC2Nc3cccc(OC)c3N2c2c(Cl)cncc2Cl)cc1. The molecule has 1 unspecified atom stereocenters. The van der Waals surface area contributed by atoms with Crippen LogP contribution in [0.5, 0.6) is 17.2 Å². The van der Waals surface area contributed by atoms with Crippen molar-refractivity contribution in [3.63, 3.8) is 0 Å². The smallest absolute Gasteiger partial charge is 0.144 e. The van der Waals surface area contributed by atoms with Crippen LogP contribution in [0, 0.1) is 0 Å². The summed E-state index contributed by atoms with van der Waals surface area (Å²) >= 11 is 13.0. The van der Waals surface area contributed by atoms with Gasteiger partial charge in [0.1, 0.15) is 35.7 Å². The zero-order chi connectivity index (χ0) is 20.4. The lowest BCUT2D eigenvalue weighted by molar-refractivity contribution is 0.300. The van der Waals surface area contributed by atoms with Gasteiger partial charge in [0, 0.05) is 12.4 Å². The summed E-state index contributed by atoms with van der Waals surface area (Å²) in [6.07, 6.45) is 2.87. The van der Waals surface area contributed by atoms with Gasteiger partial charge < -0.3 is 24.4 Å². The molecule has 0 saturated carbocycles. The second-order valence-corrected chi connectivity index (χ2v) is 7.14. The highest BCUT2D eigenvalue weighted by atomic mass is 35.5. The van der Waals surface area contributed by atoms with Crippen molar-refractivity contribution in [2.45, 2.75) is 6.17 Å². The van der Waals surface area contributed by atoms with Crippen LogP contribution in [0.4, 0.5) is 17.1 Å². The Kier molecular flexibility index (Phi) is 5.56. The number of halogens is 2. The number of anilines is 3. The van der Waals surface area contributed by atoms with E-state index >= 15 is 0 Å². The summed E-state index contributed by atoms with van der Waals surface area (Å²) in [5.74, 6) is 2.19. The molecule has 0 radical (unpaired) electrons. The van der Waals surface area contributed by atoms with Crippen molar-refractivity contribution < 1.29 is 14.2 Å². The number of nitrogens with zero attached hydrogens (tertiary/aromatic N) is 2. The quantitative estimate of drug-likeness (QED) is 0.565. The molecule has 0 aliphatic carbocycles. The van der Waals surface area contributed by atoms with Gasteiger partial charge in [0.25, 0.3) is 0 Å². The number of aromatic nitrogens is 1. The highest BCUT2D eigenvalue weighted by Gasteiger charge is 2.35. The van der Waals surface area contributed by atoms with E-state index in [4.69, 9.17) is 37.4 Å². The average molecular weight is 432 g/mol. The Morgan fingerprint density at radius 1 is 0.931 bits per heavy atom. The molecule has 1 aliphatic rings. The Labute approximate surface area is 178 Å². The molecule has 0 bridgehead atoms. The maximum absolute atomic E-state index is 6.48. The van der Waals surface area contributed by atoms with Crippen LogP contribution in [0.25, 0.3) is 0 Å². The molecule has 6 nitrogen and oxygen atoms in total. The minimum Gasteiger partial charge on any atom is -0.497 e. The van der Waals surface area contributed by atoms with Crippen LogP contribution < -0.4 is 24.4 Å². The number of pyridine rings is 1. The molecule has 150 valence electrons. The second-order valence-electron chi connectivity index (χ2n) is 6.32. The third-order valence-electron chi connectivity index (χ3n) is 4.63. The number of benzene rings is 2. The summed E-state index contributed by atoms with van der Waals surface area (Å²) in [5, 5.41) is 4.34. The lowest BCUT2D eigenvalue weighted by Crippen LogP contribution is -2.37. The van der Waals surface area contributed by atoms with Crippen LogP contribution >= 0.6 is 23.2 Å². The third-order valence-corrected chi connectivity index (χ3v) is 5.18. The summed E-state index contributed by atoms with van der Waals surface area (Å²) in [4.78, 5) is 6.05. The molecule has 2 aromatic carbocycles. The fraction of sp³-hybridized carbons (Fsp3) is 0.190. The van der Waals surface area contributed by atoms with Gasteiger partial charge >= 0.3 is 0 Å². The van der Waals surface area contributed by atoms with Crippen LogP contribution in [-0.2, 0) is 0 Å². The molecule has 0 saturated heterocycles. The number of rotatable bonds is 6. The van der Waals surface area contributed by atoms with Crippen LogP contribution in [0.3, 0.4) is 0 Å².